The van der Waals surface area contributed by atoms with Gasteiger partial charge in [0.05, 0.1) is 25.2 Å². The van der Waals surface area contributed by atoms with E-state index in [4.69, 9.17) is 4.74 Å². The number of nitrogens with one attached hydrogen (secondary N) is 1. The van der Waals surface area contributed by atoms with Gasteiger partial charge in [-0.3, -0.25) is 9.59 Å². The lowest BCUT2D eigenvalue weighted by atomic mass is 10.0. The number of allylic oxidation sites excluding steroid dienone is 5. The number of unbranched alkanes of at least 4 members (excludes halogenated alkanes) is 25. The first-order chi connectivity index (χ1) is 26.5. The van der Waals surface area contributed by atoms with E-state index in [1.165, 1.54) is 135 Å². The Hall–Kier alpha value is -1.92. The van der Waals surface area contributed by atoms with Crippen molar-refractivity contribution < 1.29 is 24.5 Å². The zero-order valence-electron chi connectivity index (χ0n) is 35.9. The topological polar surface area (TPSA) is 95.9 Å². The smallest absolute Gasteiger partial charge is 0.306 e. The van der Waals surface area contributed by atoms with Gasteiger partial charge in [0.2, 0.25) is 5.91 Å². The highest BCUT2D eigenvalue weighted by Gasteiger charge is 2.23. The zero-order chi connectivity index (χ0) is 39.6. The summed E-state index contributed by atoms with van der Waals surface area (Å²) in [4.78, 5) is 25.9. The highest BCUT2D eigenvalue weighted by molar-refractivity contribution is 5.78. The predicted octanol–water partition coefficient (Wildman–Crippen LogP) is 13.3. The van der Waals surface area contributed by atoms with Crippen molar-refractivity contribution in [3.63, 3.8) is 0 Å². The molecule has 0 aliphatic rings. The summed E-state index contributed by atoms with van der Waals surface area (Å²) in [6, 6.07) is -0.730. The van der Waals surface area contributed by atoms with E-state index in [1.54, 1.807) is 0 Å². The van der Waals surface area contributed by atoms with Crippen LogP contribution in [0.25, 0.3) is 0 Å². The van der Waals surface area contributed by atoms with Gasteiger partial charge in [0, 0.05) is 6.42 Å². The summed E-state index contributed by atoms with van der Waals surface area (Å²) in [6.45, 7) is 6.40. The van der Waals surface area contributed by atoms with Crippen molar-refractivity contribution >= 4 is 11.9 Å². The van der Waals surface area contributed by atoms with Gasteiger partial charge in [-0.05, 0) is 63.9 Å². The largest absolute Gasteiger partial charge is 0.458 e. The number of esters is 1. The first-order valence-corrected chi connectivity index (χ1v) is 23.2. The molecule has 0 saturated heterocycles. The molecule has 3 atom stereocenters. The van der Waals surface area contributed by atoms with Crippen molar-refractivity contribution in [3.8, 4) is 0 Å². The molecule has 0 aromatic carbocycles. The molecule has 3 unspecified atom stereocenters. The van der Waals surface area contributed by atoms with Gasteiger partial charge in [-0.2, -0.15) is 0 Å². The van der Waals surface area contributed by atoms with Crippen LogP contribution < -0.4 is 5.32 Å². The quantitative estimate of drug-likeness (QED) is 0.0328. The van der Waals surface area contributed by atoms with E-state index >= 15 is 0 Å². The summed E-state index contributed by atoms with van der Waals surface area (Å²) in [5.74, 6) is -0.611. The molecule has 6 nitrogen and oxygen atoms in total. The van der Waals surface area contributed by atoms with E-state index in [1.807, 2.05) is 12.2 Å². The molecule has 0 heterocycles. The molecule has 6 heteroatoms. The van der Waals surface area contributed by atoms with E-state index < -0.39 is 18.2 Å². The fraction of sp³-hybridized carbons (Fsp3) is 0.833. The van der Waals surface area contributed by atoms with Gasteiger partial charge in [0.15, 0.2) is 0 Å². The maximum atomic E-state index is 13.1. The molecule has 1 amide bonds. The van der Waals surface area contributed by atoms with Crippen LogP contribution in [-0.4, -0.2) is 46.9 Å². The van der Waals surface area contributed by atoms with Gasteiger partial charge in [0.1, 0.15) is 6.10 Å². The van der Waals surface area contributed by atoms with Crippen LogP contribution in [0, 0.1) is 0 Å². The summed E-state index contributed by atoms with van der Waals surface area (Å²) < 4.78 is 5.79. The Morgan fingerprint density at radius 1 is 0.556 bits per heavy atom. The lowest BCUT2D eigenvalue weighted by Gasteiger charge is -2.23. The molecule has 0 radical (unpaired) electrons. The molecule has 0 bridgehead atoms. The van der Waals surface area contributed by atoms with Gasteiger partial charge >= 0.3 is 5.97 Å². The molecular formula is C48H89NO5. The second-order valence-electron chi connectivity index (χ2n) is 15.8. The van der Waals surface area contributed by atoms with Crippen molar-refractivity contribution in [2.45, 2.75) is 251 Å². The van der Waals surface area contributed by atoms with Gasteiger partial charge in [-0.25, -0.2) is 0 Å². The Kier molecular flexibility index (Phi) is 40.7. The van der Waals surface area contributed by atoms with Gasteiger partial charge in [-0.15, -0.1) is 0 Å². The molecule has 0 fully saturated rings. The van der Waals surface area contributed by atoms with E-state index in [9.17, 15) is 19.8 Å². The van der Waals surface area contributed by atoms with Crippen LogP contribution in [0.15, 0.2) is 36.5 Å². The monoisotopic (exact) mass is 760 g/mol. The molecule has 0 aliphatic carbocycles. The number of carbonyl (C=O) groups excluding carboxylic acids is 2. The lowest BCUT2D eigenvalue weighted by Crippen LogP contribution is -2.46. The first kappa shape index (κ1) is 52.1. The third-order valence-electron chi connectivity index (χ3n) is 10.4. The summed E-state index contributed by atoms with van der Waals surface area (Å²) in [5.41, 5.74) is 0. The summed E-state index contributed by atoms with van der Waals surface area (Å²) in [7, 11) is 0. The number of aliphatic hydroxyl groups excluding tert-OH is 2. The number of carbonyl (C=O) groups is 2. The Bertz CT molecular complexity index is 900. The third-order valence-corrected chi connectivity index (χ3v) is 10.4. The molecule has 0 aromatic heterocycles. The van der Waals surface area contributed by atoms with Gasteiger partial charge in [0.25, 0.3) is 0 Å². The Balaban J connectivity index is 4.67. The van der Waals surface area contributed by atoms with Crippen molar-refractivity contribution in [3.05, 3.63) is 36.5 Å². The van der Waals surface area contributed by atoms with E-state index in [2.05, 4.69) is 50.4 Å². The van der Waals surface area contributed by atoms with Crippen LogP contribution in [0.1, 0.15) is 233 Å². The van der Waals surface area contributed by atoms with Gasteiger partial charge in [-0.1, -0.05) is 192 Å². The van der Waals surface area contributed by atoms with Crippen LogP contribution >= 0.6 is 0 Å². The maximum absolute atomic E-state index is 13.1. The van der Waals surface area contributed by atoms with Crippen LogP contribution in [0.3, 0.4) is 0 Å². The zero-order valence-corrected chi connectivity index (χ0v) is 35.9. The fourth-order valence-electron chi connectivity index (χ4n) is 6.86. The minimum absolute atomic E-state index is 0.0303. The minimum Gasteiger partial charge on any atom is -0.458 e. The molecule has 0 saturated carbocycles. The maximum Gasteiger partial charge on any atom is 0.306 e. The SMILES string of the molecule is CCCCC/C=C\CCCCCCCC(=O)OC(/C=C/C/C=C\CCCCCCCC)CC(=O)NC(CO)C(O)CCCCCCCCCCCCCC. The molecule has 0 aromatic rings. The van der Waals surface area contributed by atoms with Crippen molar-refractivity contribution in [1.29, 1.82) is 0 Å². The number of hydrogen-bond donors (Lipinski definition) is 3. The van der Waals surface area contributed by atoms with Crippen LogP contribution in [0.5, 0.6) is 0 Å². The molecule has 54 heavy (non-hydrogen) atoms. The normalized spacial score (nSPS) is 13.6. The molecular weight excluding hydrogens is 671 g/mol. The van der Waals surface area contributed by atoms with Gasteiger partial charge < -0.3 is 20.3 Å². The highest BCUT2D eigenvalue weighted by atomic mass is 16.5. The molecule has 0 spiro atoms. The Morgan fingerprint density at radius 3 is 1.50 bits per heavy atom. The third kappa shape index (κ3) is 37.0. The second-order valence-corrected chi connectivity index (χ2v) is 15.8. The summed E-state index contributed by atoms with van der Waals surface area (Å²) >= 11 is 0. The second kappa shape index (κ2) is 42.2. The highest BCUT2D eigenvalue weighted by Crippen LogP contribution is 2.15. The van der Waals surface area contributed by atoms with E-state index in [-0.39, 0.29) is 24.9 Å². The van der Waals surface area contributed by atoms with Crippen molar-refractivity contribution in [2.75, 3.05) is 6.61 Å². The van der Waals surface area contributed by atoms with Crippen molar-refractivity contribution in [2.24, 2.45) is 0 Å². The number of aliphatic hydroxyl groups is 2. The predicted molar refractivity (Wildman–Crippen MR) is 232 cm³/mol. The van der Waals surface area contributed by atoms with Crippen molar-refractivity contribution in [1.82, 2.24) is 5.32 Å². The number of rotatable bonds is 41. The summed E-state index contributed by atoms with van der Waals surface area (Å²) in [6.07, 6.45) is 48.0. The lowest BCUT2D eigenvalue weighted by molar-refractivity contribution is -0.148. The number of ether oxygens (including phenoxy) is 1. The fourth-order valence-corrected chi connectivity index (χ4v) is 6.86. The Morgan fingerprint density at radius 2 is 0.981 bits per heavy atom. The minimum atomic E-state index is -0.808. The van der Waals surface area contributed by atoms with E-state index in [0.717, 1.165) is 57.8 Å². The molecule has 316 valence electrons. The summed E-state index contributed by atoms with van der Waals surface area (Å²) in [5, 5.41) is 23.6. The Labute approximate surface area is 334 Å². The number of hydrogen-bond acceptors (Lipinski definition) is 5. The average molecular weight is 760 g/mol. The molecule has 0 rings (SSSR count). The first-order valence-electron chi connectivity index (χ1n) is 23.2. The standard InChI is InChI=1S/C48H89NO5/c1-4-7-10-13-16-19-22-25-28-31-34-37-40-46(51)45(43-50)49-47(52)42-44(39-36-33-30-27-24-21-18-15-12-9-6-3)54-48(53)41-38-35-32-29-26-23-20-17-14-11-8-5-2/h17,20,27,30,36,39,44-46,50-51H,4-16,18-19,21-26,28-29,31-35,37-38,40-43H2,1-3H3,(H,49,52)/b20-17-,30-27-,39-36+. The van der Waals surface area contributed by atoms with Crippen LogP contribution in [0.4, 0.5) is 0 Å². The van der Waals surface area contributed by atoms with Crippen LogP contribution in [-0.2, 0) is 14.3 Å². The average Bonchev–Trinajstić information content (AvgIpc) is 3.16. The van der Waals surface area contributed by atoms with E-state index in [0.29, 0.717) is 12.8 Å². The molecule has 3 N–H and O–H groups in total. The number of amides is 1. The van der Waals surface area contributed by atoms with Crippen LogP contribution in [0.2, 0.25) is 0 Å². The molecule has 0 aliphatic heterocycles.